The molecule has 1 saturated heterocycles. The van der Waals surface area contributed by atoms with E-state index in [1.165, 1.54) is 11.1 Å². The predicted octanol–water partition coefficient (Wildman–Crippen LogP) is 0.253. The van der Waals surface area contributed by atoms with Crippen LogP contribution in [0.15, 0.2) is 24.4 Å². The standard InChI is InChI=1S/C12H14N2O4/c1-14(10-7-18-6-8(10)12(16)17)11(15)9-4-2-3-5-13-9/h2-5,8,10H,6-7H2,1H3,(H,16,17). The van der Waals surface area contributed by atoms with Gasteiger partial charge in [0.2, 0.25) is 0 Å². The molecule has 0 aromatic carbocycles. The van der Waals surface area contributed by atoms with Crippen LogP contribution < -0.4 is 0 Å². The molecule has 6 nitrogen and oxygen atoms in total. The van der Waals surface area contributed by atoms with E-state index in [0.717, 1.165) is 0 Å². The number of amides is 1. The van der Waals surface area contributed by atoms with Gasteiger partial charge in [-0.3, -0.25) is 14.6 Å². The topological polar surface area (TPSA) is 79.7 Å². The summed E-state index contributed by atoms with van der Waals surface area (Å²) in [4.78, 5) is 28.5. The summed E-state index contributed by atoms with van der Waals surface area (Å²) < 4.78 is 5.14. The van der Waals surface area contributed by atoms with Crippen LogP contribution in [0.4, 0.5) is 0 Å². The number of pyridine rings is 1. The lowest BCUT2D eigenvalue weighted by atomic mass is 10.0. The van der Waals surface area contributed by atoms with E-state index < -0.39 is 17.9 Å². The Morgan fingerprint density at radius 3 is 2.83 bits per heavy atom. The lowest BCUT2D eigenvalue weighted by Crippen LogP contribution is -2.44. The van der Waals surface area contributed by atoms with Crippen molar-refractivity contribution in [3.05, 3.63) is 30.1 Å². The molecule has 1 N–H and O–H groups in total. The summed E-state index contributed by atoms with van der Waals surface area (Å²) in [6, 6.07) is 4.59. The summed E-state index contributed by atoms with van der Waals surface area (Å²) >= 11 is 0. The number of rotatable bonds is 3. The van der Waals surface area contributed by atoms with Crippen LogP contribution in [0.5, 0.6) is 0 Å². The molecule has 1 aromatic rings. The molecule has 2 unspecified atom stereocenters. The highest BCUT2D eigenvalue weighted by Gasteiger charge is 2.38. The summed E-state index contributed by atoms with van der Waals surface area (Å²) in [5.41, 5.74) is 0.302. The van der Waals surface area contributed by atoms with Crippen LogP contribution in [-0.2, 0) is 9.53 Å². The van der Waals surface area contributed by atoms with Crippen molar-refractivity contribution < 1.29 is 19.4 Å². The molecule has 2 heterocycles. The highest BCUT2D eigenvalue weighted by molar-refractivity contribution is 5.92. The van der Waals surface area contributed by atoms with E-state index in [2.05, 4.69) is 4.98 Å². The number of aromatic nitrogens is 1. The van der Waals surface area contributed by atoms with Crippen LogP contribution in [-0.4, -0.2) is 53.2 Å². The number of ether oxygens (including phenoxy) is 1. The fourth-order valence-electron chi connectivity index (χ4n) is 1.98. The van der Waals surface area contributed by atoms with Crippen molar-refractivity contribution in [2.75, 3.05) is 20.3 Å². The third-order valence-corrected chi connectivity index (χ3v) is 3.07. The maximum atomic E-state index is 12.1. The molecule has 0 radical (unpaired) electrons. The number of carbonyl (C=O) groups is 2. The molecular weight excluding hydrogens is 236 g/mol. The molecule has 1 aromatic heterocycles. The fourth-order valence-corrected chi connectivity index (χ4v) is 1.98. The molecular formula is C12H14N2O4. The molecule has 2 atom stereocenters. The average Bonchev–Trinajstić information content (AvgIpc) is 2.87. The van der Waals surface area contributed by atoms with Gasteiger partial charge in [-0.2, -0.15) is 0 Å². The summed E-state index contributed by atoms with van der Waals surface area (Å²) in [6.45, 7) is 0.381. The van der Waals surface area contributed by atoms with Gasteiger partial charge in [-0.15, -0.1) is 0 Å². The molecule has 1 amide bonds. The Morgan fingerprint density at radius 1 is 1.44 bits per heavy atom. The first kappa shape index (κ1) is 12.5. The molecule has 96 valence electrons. The van der Waals surface area contributed by atoms with Crippen LogP contribution in [0.3, 0.4) is 0 Å². The number of carbonyl (C=O) groups excluding carboxylic acids is 1. The third kappa shape index (κ3) is 2.33. The van der Waals surface area contributed by atoms with E-state index in [1.807, 2.05) is 0 Å². The van der Waals surface area contributed by atoms with Crippen LogP contribution in [0.1, 0.15) is 10.5 Å². The monoisotopic (exact) mass is 250 g/mol. The third-order valence-electron chi connectivity index (χ3n) is 3.07. The van der Waals surface area contributed by atoms with Crippen molar-refractivity contribution in [1.82, 2.24) is 9.88 Å². The number of carboxylic acid groups (broad SMARTS) is 1. The van der Waals surface area contributed by atoms with Gasteiger partial charge in [-0.25, -0.2) is 0 Å². The summed E-state index contributed by atoms with van der Waals surface area (Å²) in [7, 11) is 1.58. The molecule has 0 saturated carbocycles. The lowest BCUT2D eigenvalue weighted by molar-refractivity contribution is -0.142. The number of nitrogens with zero attached hydrogens (tertiary/aromatic N) is 2. The van der Waals surface area contributed by atoms with Gasteiger partial charge in [0, 0.05) is 13.2 Å². The van der Waals surface area contributed by atoms with Gasteiger partial charge in [0.15, 0.2) is 0 Å². The maximum Gasteiger partial charge on any atom is 0.311 e. The Kier molecular flexibility index (Phi) is 3.57. The molecule has 0 aliphatic carbocycles. The predicted molar refractivity (Wildman–Crippen MR) is 62.1 cm³/mol. The van der Waals surface area contributed by atoms with Crippen molar-refractivity contribution in [1.29, 1.82) is 0 Å². The first-order valence-electron chi connectivity index (χ1n) is 5.60. The van der Waals surface area contributed by atoms with Gasteiger partial charge in [0.05, 0.1) is 19.3 Å². The number of hydrogen-bond acceptors (Lipinski definition) is 4. The van der Waals surface area contributed by atoms with Crippen LogP contribution in [0.25, 0.3) is 0 Å². The smallest absolute Gasteiger partial charge is 0.311 e. The van der Waals surface area contributed by atoms with Crippen LogP contribution in [0, 0.1) is 5.92 Å². The van der Waals surface area contributed by atoms with Crippen molar-refractivity contribution in [3.63, 3.8) is 0 Å². The van der Waals surface area contributed by atoms with Gasteiger partial charge < -0.3 is 14.7 Å². The van der Waals surface area contributed by atoms with Crippen molar-refractivity contribution in [2.45, 2.75) is 6.04 Å². The van der Waals surface area contributed by atoms with Crippen molar-refractivity contribution in [3.8, 4) is 0 Å². The SMILES string of the molecule is CN(C(=O)c1ccccn1)C1COCC1C(=O)O. The summed E-state index contributed by atoms with van der Waals surface area (Å²) in [6.07, 6.45) is 1.53. The second-order valence-corrected chi connectivity index (χ2v) is 4.18. The van der Waals surface area contributed by atoms with E-state index in [4.69, 9.17) is 9.84 Å². The van der Waals surface area contributed by atoms with Gasteiger partial charge >= 0.3 is 5.97 Å². The highest BCUT2D eigenvalue weighted by Crippen LogP contribution is 2.20. The van der Waals surface area contributed by atoms with Gasteiger partial charge in [0.25, 0.3) is 5.91 Å². The minimum Gasteiger partial charge on any atom is -0.481 e. The van der Waals surface area contributed by atoms with Crippen LogP contribution in [0.2, 0.25) is 0 Å². The zero-order valence-electron chi connectivity index (χ0n) is 9.94. The molecule has 2 rings (SSSR count). The quantitative estimate of drug-likeness (QED) is 0.832. The molecule has 0 spiro atoms. The zero-order valence-corrected chi connectivity index (χ0v) is 9.94. The Balaban J connectivity index is 2.14. The number of likely N-dealkylation sites (N-methyl/N-ethyl adjacent to an activating group) is 1. The zero-order chi connectivity index (χ0) is 13.1. The minimum absolute atomic E-state index is 0.139. The van der Waals surface area contributed by atoms with Gasteiger partial charge in [-0.1, -0.05) is 6.07 Å². The second-order valence-electron chi connectivity index (χ2n) is 4.18. The summed E-state index contributed by atoms with van der Waals surface area (Å²) in [5.74, 6) is -1.92. The second kappa shape index (κ2) is 5.14. The fraction of sp³-hybridized carbons (Fsp3) is 0.417. The minimum atomic E-state index is -0.946. The first-order chi connectivity index (χ1) is 8.61. The maximum absolute atomic E-state index is 12.1. The first-order valence-corrected chi connectivity index (χ1v) is 5.60. The Labute approximate surface area is 104 Å². The van der Waals surface area contributed by atoms with Gasteiger partial charge in [-0.05, 0) is 12.1 Å². The van der Waals surface area contributed by atoms with E-state index in [1.54, 1.807) is 25.2 Å². The Bertz CT molecular complexity index is 449. The molecule has 1 aliphatic heterocycles. The number of hydrogen-bond donors (Lipinski definition) is 1. The van der Waals surface area contributed by atoms with Crippen molar-refractivity contribution >= 4 is 11.9 Å². The molecule has 0 bridgehead atoms. The van der Waals surface area contributed by atoms with Crippen LogP contribution >= 0.6 is 0 Å². The summed E-state index contributed by atoms with van der Waals surface area (Å²) in [5, 5.41) is 9.05. The Morgan fingerprint density at radius 2 is 2.22 bits per heavy atom. The number of aliphatic carboxylic acids is 1. The van der Waals surface area contributed by atoms with E-state index in [0.29, 0.717) is 5.69 Å². The van der Waals surface area contributed by atoms with Gasteiger partial charge in [0.1, 0.15) is 11.6 Å². The Hall–Kier alpha value is -1.95. The highest BCUT2D eigenvalue weighted by atomic mass is 16.5. The normalized spacial score (nSPS) is 22.7. The largest absolute Gasteiger partial charge is 0.481 e. The van der Waals surface area contributed by atoms with E-state index in [-0.39, 0.29) is 19.1 Å². The average molecular weight is 250 g/mol. The van der Waals surface area contributed by atoms with Crippen molar-refractivity contribution in [2.24, 2.45) is 5.92 Å². The van der Waals surface area contributed by atoms with E-state index >= 15 is 0 Å². The molecule has 18 heavy (non-hydrogen) atoms. The molecule has 1 aliphatic rings. The number of carboxylic acids is 1. The van der Waals surface area contributed by atoms with E-state index in [9.17, 15) is 9.59 Å². The lowest BCUT2D eigenvalue weighted by Gasteiger charge is -2.25. The molecule has 1 fully saturated rings. The molecule has 6 heteroatoms.